The molecule has 0 aromatic heterocycles. The summed E-state index contributed by atoms with van der Waals surface area (Å²) >= 11 is 0.719. The Labute approximate surface area is 209 Å². The normalized spacial score (nSPS) is 14.3. The Morgan fingerprint density at radius 2 is 1.64 bits per heavy atom. The summed E-state index contributed by atoms with van der Waals surface area (Å²) in [5, 5.41) is 1.94. The zero-order chi connectivity index (χ0) is 25.7. The highest BCUT2D eigenvalue weighted by Gasteiger charge is 2.36. The first-order chi connectivity index (χ1) is 17.3. The van der Waals surface area contributed by atoms with Gasteiger partial charge in [0.15, 0.2) is 11.5 Å². The number of carbonyl (C=O) groups is 3. The fraction of sp³-hybridized carbons (Fsp3) is 0.115. The van der Waals surface area contributed by atoms with Gasteiger partial charge in [0.05, 0.1) is 12.0 Å². The molecule has 1 aliphatic rings. The van der Waals surface area contributed by atoms with Gasteiger partial charge in [0.25, 0.3) is 11.1 Å². The predicted octanol–water partition coefficient (Wildman–Crippen LogP) is 5.23. The van der Waals surface area contributed by atoms with Gasteiger partial charge in [-0.1, -0.05) is 18.2 Å². The quantitative estimate of drug-likeness (QED) is 0.418. The number of nitrogens with zero attached hydrogens (tertiary/aromatic N) is 1. The minimum Gasteiger partial charge on any atom is -0.493 e. The Morgan fingerprint density at radius 1 is 0.972 bits per heavy atom. The lowest BCUT2D eigenvalue weighted by Crippen LogP contribution is -2.36. The lowest BCUT2D eigenvalue weighted by molar-refractivity contribution is -0.127. The molecular formula is C26H20F2N2O5S. The fourth-order valence-electron chi connectivity index (χ4n) is 3.30. The third-order valence-corrected chi connectivity index (χ3v) is 6.00. The first kappa shape index (κ1) is 24.9. The van der Waals surface area contributed by atoms with Crippen LogP contribution in [0.2, 0.25) is 0 Å². The molecule has 0 atom stereocenters. The summed E-state index contributed by atoms with van der Waals surface area (Å²) in [7, 11) is 1.47. The second-order valence-electron chi connectivity index (χ2n) is 7.65. The molecule has 1 fully saturated rings. The standard InChI is InChI=1S/C26H20F2N2O5S/c1-34-22-12-17(4-11-21(22)35-15-16-2-5-18(27)6-3-16)13-23-25(32)30(26(33)36-23)14-24(31)29-20-9-7-19(28)8-10-20/h2-13H,14-15H2,1H3,(H,29,31)/b23-13-. The second-order valence-corrected chi connectivity index (χ2v) is 8.64. The maximum absolute atomic E-state index is 13.1. The molecule has 184 valence electrons. The van der Waals surface area contributed by atoms with E-state index in [-0.39, 0.29) is 17.3 Å². The van der Waals surface area contributed by atoms with Crippen molar-refractivity contribution in [3.63, 3.8) is 0 Å². The number of halogens is 2. The molecule has 0 saturated carbocycles. The SMILES string of the molecule is COc1cc(/C=C2\SC(=O)N(CC(=O)Nc3ccc(F)cc3)C2=O)ccc1OCc1ccc(F)cc1. The van der Waals surface area contributed by atoms with Gasteiger partial charge >= 0.3 is 0 Å². The number of ether oxygens (including phenoxy) is 2. The lowest BCUT2D eigenvalue weighted by atomic mass is 10.1. The fourth-order valence-corrected chi connectivity index (χ4v) is 4.14. The number of anilines is 1. The largest absolute Gasteiger partial charge is 0.493 e. The van der Waals surface area contributed by atoms with Gasteiger partial charge < -0.3 is 14.8 Å². The average molecular weight is 511 g/mol. The number of benzene rings is 3. The predicted molar refractivity (Wildman–Crippen MR) is 131 cm³/mol. The second kappa shape index (κ2) is 11.0. The number of methoxy groups -OCH3 is 1. The molecular weight excluding hydrogens is 490 g/mol. The van der Waals surface area contributed by atoms with Crippen LogP contribution in [-0.2, 0) is 16.2 Å². The van der Waals surface area contributed by atoms with E-state index in [9.17, 15) is 23.2 Å². The summed E-state index contributed by atoms with van der Waals surface area (Å²) in [5.41, 5.74) is 1.71. The topological polar surface area (TPSA) is 84.9 Å². The van der Waals surface area contributed by atoms with Gasteiger partial charge in [-0.15, -0.1) is 0 Å². The van der Waals surface area contributed by atoms with Crippen LogP contribution in [-0.4, -0.2) is 35.6 Å². The lowest BCUT2D eigenvalue weighted by Gasteiger charge is -2.12. The van der Waals surface area contributed by atoms with Gasteiger partial charge in [0.2, 0.25) is 5.91 Å². The van der Waals surface area contributed by atoms with E-state index in [4.69, 9.17) is 9.47 Å². The molecule has 4 rings (SSSR count). The number of hydrogen-bond acceptors (Lipinski definition) is 6. The zero-order valence-electron chi connectivity index (χ0n) is 19.0. The smallest absolute Gasteiger partial charge is 0.294 e. The van der Waals surface area contributed by atoms with Gasteiger partial charge in [0, 0.05) is 5.69 Å². The molecule has 10 heteroatoms. The van der Waals surface area contributed by atoms with E-state index in [0.29, 0.717) is 22.7 Å². The molecule has 1 N–H and O–H groups in total. The molecule has 1 heterocycles. The van der Waals surface area contributed by atoms with E-state index in [1.807, 2.05) is 0 Å². The van der Waals surface area contributed by atoms with Crippen LogP contribution in [0.25, 0.3) is 6.08 Å². The van der Waals surface area contributed by atoms with E-state index in [2.05, 4.69) is 5.32 Å². The maximum atomic E-state index is 13.1. The van der Waals surface area contributed by atoms with Crippen molar-refractivity contribution >= 4 is 40.6 Å². The zero-order valence-corrected chi connectivity index (χ0v) is 19.8. The van der Waals surface area contributed by atoms with E-state index < -0.39 is 29.4 Å². The number of thioether (sulfide) groups is 1. The molecule has 0 radical (unpaired) electrons. The van der Waals surface area contributed by atoms with Crippen molar-refractivity contribution in [2.75, 3.05) is 19.0 Å². The highest BCUT2D eigenvalue weighted by molar-refractivity contribution is 8.18. The van der Waals surface area contributed by atoms with Crippen LogP contribution in [0.4, 0.5) is 19.3 Å². The third-order valence-electron chi connectivity index (χ3n) is 5.10. The number of amides is 3. The average Bonchev–Trinajstić information content (AvgIpc) is 3.12. The van der Waals surface area contributed by atoms with Crippen LogP contribution in [0.5, 0.6) is 11.5 Å². The van der Waals surface area contributed by atoms with Gasteiger partial charge in [-0.25, -0.2) is 8.78 Å². The molecule has 3 amide bonds. The van der Waals surface area contributed by atoms with Gasteiger partial charge in [-0.05, 0) is 77.5 Å². The van der Waals surface area contributed by atoms with Crippen LogP contribution < -0.4 is 14.8 Å². The first-order valence-corrected chi connectivity index (χ1v) is 11.5. The Morgan fingerprint density at radius 3 is 2.31 bits per heavy atom. The summed E-state index contributed by atoms with van der Waals surface area (Å²) in [4.78, 5) is 38.4. The number of rotatable bonds is 8. The molecule has 0 spiro atoms. The third kappa shape index (κ3) is 6.08. The maximum Gasteiger partial charge on any atom is 0.294 e. The van der Waals surface area contributed by atoms with E-state index in [0.717, 1.165) is 22.2 Å². The van der Waals surface area contributed by atoms with Crippen molar-refractivity contribution < 1.29 is 32.6 Å². The Kier molecular flexibility index (Phi) is 7.65. The van der Waals surface area contributed by atoms with Crippen molar-refractivity contribution in [1.82, 2.24) is 4.90 Å². The number of carbonyl (C=O) groups excluding carboxylic acids is 3. The van der Waals surface area contributed by atoms with Crippen molar-refractivity contribution in [2.45, 2.75) is 6.61 Å². The number of hydrogen-bond donors (Lipinski definition) is 1. The number of nitrogens with one attached hydrogen (secondary N) is 1. The van der Waals surface area contributed by atoms with Crippen molar-refractivity contribution in [1.29, 1.82) is 0 Å². The van der Waals surface area contributed by atoms with Crippen LogP contribution >= 0.6 is 11.8 Å². The molecule has 1 saturated heterocycles. The van der Waals surface area contributed by atoms with Gasteiger partial charge in [-0.3, -0.25) is 19.3 Å². The molecule has 3 aromatic rings. The van der Waals surface area contributed by atoms with Crippen molar-refractivity contribution in [2.24, 2.45) is 0 Å². The Hall–Kier alpha value is -4.18. The van der Waals surface area contributed by atoms with Crippen LogP contribution in [0, 0.1) is 11.6 Å². The monoisotopic (exact) mass is 510 g/mol. The first-order valence-electron chi connectivity index (χ1n) is 10.7. The number of imide groups is 1. The summed E-state index contributed by atoms with van der Waals surface area (Å²) in [6.45, 7) is -0.270. The van der Waals surface area contributed by atoms with Crippen LogP contribution in [0.1, 0.15) is 11.1 Å². The summed E-state index contributed by atoms with van der Waals surface area (Å²) in [6, 6.07) is 16.1. The highest BCUT2D eigenvalue weighted by Crippen LogP contribution is 2.34. The molecule has 0 unspecified atom stereocenters. The Bertz CT molecular complexity index is 1330. The summed E-state index contributed by atoms with van der Waals surface area (Å²) < 4.78 is 37.2. The summed E-state index contributed by atoms with van der Waals surface area (Å²) in [5.74, 6) is -1.12. The van der Waals surface area contributed by atoms with Crippen LogP contribution in [0.15, 0.2) is 71.6 Å². The molecule has 7 nitrogen and oxygen atoms in total. The molecule has 0 bridgehead atoms. The van der Waals surface area contributed by atoms with E-state index in [1.165, 1.54) is 49.6 Å². The summed E-state index contributed by atoms with van der Waals surface area (Å²) in [6.07, 6.45) is 1.52. The minimum absolute atomic E-state index is 0.150. The molecule has 0 aliphatic carbocycles. The molecule has 3 aromatic carbocycles. The van der Waals surface area contributed by atoms with Crippen molar-refractivity contribution in [3.8, 4) is 11.5 Å². The minimum atomic E-state index is -0.602. The van der Waals surface area contributed by atoms with E-state index in [1.54, 1.807) is 30.3 Å². The van der Waals surface area contributed by atoms with Crippen LogP contribution in [0.3, 0.4) is 0 Å². The van der Waals surface area contributed by atoms with Gasteiger partial charge in [-0.2, -0.15) is 0 Å². The van der Waals surface area contributed by atoms with Gasteiger partial charge in [0.1, 0.15) is 24.8 Å². The molecule has 1 aliphatic heterocycles. The highest BCUT2D eigenvalue weighted by atomic mass is 32.2. The van der Waals surface area contributed by atoms with Crippen molar-refractivity contribution in [3.05, 3.63) is 94.4 Å². The van der Waals surface area contributed by atoms with E-state index >= 15 is 0 Å². The molecule has 36 heavy (non-hydrogen) atoms. The Balaban J connectivity index is 1.42.